The van der Waals surface area contributed by atoms with Crippen molar-refractivity contribution in [1.82, 2.24) is 5.32 Å². The van der Waals surface area contributed by atoms with Crippen molar-refractivity contribution < 1.29 is 19.1 Å². The number of rotatable bonds is 4. The van der Waals surface area contributed by atoms with Gasteiger partial charge in [0.25, 0.3) is 5.91 Å². The second-order valence-corrected chi connectivity index (χ2v) is 11.6. The van der Waals surface area contributed by atoms with Crippen molar-refractivity contribution in [2.45, 2.75) is 102 Å². The molecular formula is C30H45N3O4. The van der Waals surface area contributed by atoms with Gasteiger partial charge in [0, 0.05) is 33.1 Å². The highest BCUT2D eigenvalue weighted by molar-refractivity contribution is 6.05. The number of amides is 2. The van der Waals surface area contributed by atoms with Crippen LogP contribution < -0.4 is 15.1 Å². The van der Waals surface area contributed by atoms with Crippen LogP contribution in [0.15, 0.2) is 18.2 Å². The number of nitrogens with zero attached hydrogens (tertiary/aromatic N) is 2. The molecule has 37 heavy (non-hydrogen) atoms. The number of ether oxygens (including phenoxy) is 2. The molecule has 5 atom stereocenters. The van der Waals surface area contributed by atoms with Crippen LogP contribution in [-0.4, -0.2) is 57.0 Å². The first-order chi connectivity index (χ1) is 18.0. The summed E-state index contributed by atoms with van der Waals surface area (Å²) >= 11 is 0. The fourth-order valence-corrected chi connectivity index (χ4v) is 7.51. The monoisotopic (exact) mass is 511 g/mol. The molecule has 1 N–H and O–H groups in total. The molecule has 1 aliphatic carbocycles. The van der Waals surface area contributed by atoms with Gasteiger partial charge in [-0.05, 0) is 62.3 Å². The van der Waals surface area contributed by atoms with Gasteiger partial charge >= 0.3 is 0 Å². The molecule has 3 fully saturated rings. The first kappa shape index (κ1) is 26.6. The third-order valence-corrected chi connectivity index (χ3v) is 9.24. The Hall–Kier alpha value is -1.96. The Morgan fingerprint density at radius 2 is 1.76 bits per heavy atom. The van der Waals surface area contributed by atoms with E-state index < -0.39 is 0 Å². The summed E-state index contributed by atoms with van der Waals surface area (Å²) < 4.78 is 11.8. The molecular weight excluding hydrogens is 466 g/mol. The van der Waals surface area contributed by atoms with Crippen molar-refractivity contribution in [2.24, 2.45) is 11.8 Å². The molecule has 1 aromatic carbocycles. The Bertz CT molecular complexity index is 954. The number of anilines is 2. The lowest BCUT2D eigenvalue weighted by molar-refractivity contribution is -0.127. The maximum absolute atomic E-state index is 13.6. The highest BCUT2D eigenvalue weighted by atomic mass is 16.5. The van der Waals surface area contributed by atoms with E-state index in [1.807, 2.05) is 23.8 Å². The molecule has 0 bridgehead atoms. The second kappa shape index (κ2) is 11.8. The second-order valence-electron chi connectivity index (χ2n) is 11.6. The van der Waals surface area contributed by atoms with Gasteiger partial charge in [-0.25, -0.2) is 0 Å². The van der Waals surface area contributed by atoms with E-state index in [4.69, 9.17) is 9.47 Å². The molecule has 3 heterocycles. The normalized spacial score (nSPS) is 31.5. The van der Waals surface area contributed by atoms with E-state index in [0.29, 0.717) is 30.9 Å². The summed E-state index contributed by atoms with van der Waals surface area (Å²) in [6.45, 7) is 5.69. The minimum absolute atomic E-state index is 0.0134. The van der Waals surface area contributed by atoms with Gasteiger partial charge in [0.1, 0.15) is 12.3 Å². The summed E-state index contributed by atoms with van der Waals surface area (Å²) in [5.41, 5.74) is 2.95. The summed E-state index contributed by atoms with van der Waals surface area (Å²) in [5.74, 6) is 1.41. The Labute approximate surface area is 222 Å². The predicted octanol–water partition coefficient (Wildman–Crippen LogP) is 4.98. The maximum atomic E-state index is 13.6. The van der Waals surface area contributed by atoms with Crippen LogP contribution in [0.25, 0.3) is 0 Å². The van der Waals surface area contributed by atoms with Crippen molar-refractivity contribution in [1.29, 1.82) is 0 Å². The van der Waals surface area contributed by atoms with Gasteiger partial charge in [-0.2, -0.15) is 0 Å². The Kier molecular flexibility index (Phi) is 8.52. The predicted molar refractivity (Wildman–Crippen MR) is 146 cm³/mol. The van der Waals surface area contributed by atoms with Crippen LogP contribution in [-0.2, 0) is 19.1 Å². The molecule has 2 saturated heterocycles. The van der Waals surface area contributed by atoms with Gasteiger partial charge < -0.3 is 19.3 Å². The van der Waals surface area contributed by atoms with Gasteiger partial charge in [-0.3, -0.25) is 14.9 Å². The van der Waals surface area contributed by atoms with Gasteiger partial charge in [-0.1, -0.05) is 51.0 Å². The van der Waals surface area contributed by atoms with Crippen LogP contribution in [0.2, 0.25) is 0 Å². The van der Waals surface area contributed by atoms with Gasteiger partial charge in [0.15, 0.2) is 0 Å². The van der Waals surface area contributed by atoms with E-state index in [0.717, 1.165) is 37.2 Å². The van der Waals surface area contributed by atoms with E-state index in [-0.39, 0.29) is 30.2 Å². The number of carbonyl (C=O) groups excluding carboxylic acids is 2. The van der Waals surface area contributed by atoms with Crippen LogP contribution >= 0.6 is 0 Å². The van der Waals surface area contributed by atoms with Gasteiger partial charge in [0.2, 0.25) is 5.91 Å². The molecule has 7 heteroatoms. The third-order valence-electron chi connectivity index (χ3n) is 9.24. The minimum atomic E-state index is -0.382. The van der Waals surface area contributed by atoms with Crippen LogP contribution in [0.1, 0.15) is 89.5 Å². The first-order valence-corrected chi connectivity index (χ1v) is 14.6. The largest absolute Gasteiger partial charge is 0.368 e. The summed E-state index contributed by atoms with van der Waals surface area (Å²) in [5, 5.41) is 3.65. The van der Waals surface area contributed by atoms with Crippen molar-refractivity contribution in [3.63, 3.8) is 0 Å². The number of fused-ring (bicyclic) bond motifs is 1. The highest BCUT2D eigenvalue weighted by Gasteiger charge is 2.41. The molecule has 4 aliphatic rings. The SMILES string of the molecule is COC1NCCC(c2ccc3c(c2)N(C(=O)C2CCCO2)C[C@H](C)N3C(C)=O)C1C1CCCCCCC1. The van der Waals surface area contributed by atoms with Crippen molar-refractivity contribution in [3.8, 4) is 0 Å². The maximum Gasteiger partial charge on any atom is 0.256 e. The molecule has 3 aliphatic heterocycles. The Morgan fingerprint density at radius 1 is 1.00 bits per heavy atom. The molecule has 1 aromatic rings. The number of carbonyl (C=O) groups is 2. The lowest BCUT2D eigenvalue weighted by Crippen LogP contribution is -2.53. The molecule has 5 rings (SSSR count). The van der Waals surface area contributed by atoms with Crippen LogP contribution in [0.4, 0.5) is 11.4 Å². The van der Waals surface area contributed by atoms with Crippen LogP contribution in [0.3, 0.4) is 0 Å². The van der Waals surface area contributed by atoms with Crippen molar-refractivity contribution in [3.05, 3.63) is 23.8 Å². The van der Waals surface area contributed by atoms with Crippen molar-refractivity contribution >= 4 is 23.2 Å². The number of nitrogens with one attached hydrogen (secondary N) is 1. The van der Waals surface area contributed by atoms with Gasteiger partial charge in [0.05, 0.1) is 17.4 Å². The minimum Gasteiger partial charge on any atom is -0.368 e. The number of hydrogen-bond acceptors (Lipinski definition) is 5. The molecule has 204 valence electrons. The molecule has 0 radical (unpaired) electrons. The average Bonchev–Trinajstić information content (AvgIpc) is 3.42. The Balaban J connectivity index is 1.52. The fourth-order valence-electron chi connectivity index (χ4n) is 7.51. The average molecular weight is 512 g/mol. The number of methoxy groups -OCH3 is 1. The molecule has 4 unspecified atom stereocenters. The summed E-state index contributed by atoms with van der Waals surface area (Å²) in [4.78, 5) is 30.0. The molecule has 2 amide bonds. The topological polar surface area (TPSA) is 71.1 Å². The fraction of sp³-hybridized carbons (Fsp3) is 0.733. The standard InChI is InChI=1S/C30H45N3O4/c1-20-19-32(30(35)27-12-9-17-37-27)26-18-23(13-14-25(26)33(20)21(2)34)24-15-16-31-29(36-3)28(24)22-10-7-5-4-6-8-11-22/h13-14,18,20,22,24,27-29,31H,4-12,15-17,19H2,1-3H3/t20-,24?,27?,28?,29?/m0/s1. The third kappa shape index (κ3) is 5.45. The van der Waals surface area contributed by atoms with Crippen LogP contribution in [0.5, 0.6) is 0 Å². The number of piperidine rings is 1. The van der Waals surface area contributed by atoms with E-state index in [2.05, 4.69) is 23.5 Å². The molecule has 0 aromatic heterocycles. The summed E-state index contributed by atoms with van der Waals surface area (Å²) in [7, 11) is 1.83. The van der Waals surface area contributed by atoms with Crippen molar-refractivity contribution in [2.75, 3.05) is 36.6 Å². The summed E-state index contributed by atoms with van der Waals surface area (Å²) in [6, 6.07) is 6.42. The van der Waals surface area contributed by atoms with Crippen LogP contribution in [0, 0.1) is 11.8 Å². The lowest BCUT2D eigenvalue weighted by atomic mass is 9.69. The molecule has 0 spiro atoms. The highest BCUT2D eigenvalue weighted by Crippen LogP contribution is 2.46. The zero-order valence-corrected chi connectivity index (χ0v) is 22.9. The van der Waals surface area contributed by atoms with Gasteiger partial charge in [-0.15, -0.1) is 0 Å². The van der Waals surface area contributed by atoms with E-state index in [9.17, 15) is 9.59 Å². The van der Waals surface area contributed by atoms with E-state index in [1.165, 1.54) is 50.5 Å². The summed E-state index contributed by atoms with van der Waals surface area (Å²) in [6.07, 6.45) is 11.5. The smallest absolute Gasteiger partial charge is 0.256 e. The van der Waals surface area contributed by atoms with E-state index in [1.54, 1.807) is 6.92 Å². The quantitative estimate of drug-likeness (QED) is 0.617. The van der Waals surface area contributed by atoms with E-state index >= 15 is 0 Å². The molecule has 7 nitrogen and oxygen atoms in total. The zero-order chi connectivity index (χ0) is 25.9. The lowest BCUT2D eigenvalue weighted by Gasteiger charge is -2.45. The first-order valence-electron chi connectivity index (χ1n) is 14.6. The number of hydrogen-bond donors (Lipinski definition) is 1. The Morgan fingerprint density at radius 3 is 2.43 bits per heavy atom. The molecule has 1 saturated carbocycles. The number of benzene rings is 1. The zero-order valence-electron chi connectivity index (χ0n) is 22.9.